The summed E-state index contributed by atoms with van der Waals surface area (Å²) in [7, 11) is 1.65. The van der Waals surface area contributed by atoms with Crippen molar-refractivity contribution in [2.75, 3.05) is 39.8 Å². The van der Waals surface area contributed by atoms with Crippen LogP contribution in [0.2, 0.25) is 0 Å². The van der Waals surface area contributed by atoms with Crippen molar-refractivity contribution in [1.29, 1.82) is 0 Å². The van der Waals surface area contributed by atoms with Gasteiger partial charge in [0.05, 0.1) is 26.0 Å². The Kier molecular flexibility index (Phi) is 5.85. The number of furan rings is 1. The maximum Gasteiger partial charge on any atom is 0.289 e. The third kappa shape index (κ3) is 4.79. The van der Waals surface area contributed by atoms with Gasteiger partial charge in [-0.05, 0) is 48.6 Å². The molecular formula is C22H27N3O4. The lowest BCUT2D eigenvalue weighted by molar-refractivity contribution is -0.123. The normalized spacial score (nSPS) is 18.3. The van der Waals surface area contributed by atoms with Gasteiger partial charge in [-0.25, -0.2) is 0 Å². The van der Waals surface area contributed by atoms with Crippen molar-refractivity contribution in [3.63, 3.8) is 0 Å². The van der Waals surface area contributed by atoms with E-state index in [0.29, 0.717) is 44.4 Å². The Labute approximate surface area is 170 Å². The van der Waals surface area contributed by atoms with Crippen molar-refractivity contribution in [3.8, 4) is 5.75 Å². The predicted octanol–water partition coefficient (Wildman–Crippen LogP) is 2.31. The van der Waals surface area contributed by atoms with Gasteiger partial charge in [0.15, 0.2) is 5.76 Å². The average molecular weight is 397 g/mol. The van der Waals surface area contributed by atoms with Crippen LogP contribution >= 0.6 is 0 Å². The molecule has 2 aromatic rings. The van der Waals surface area contributed by atoms with Crippen molar-refractivity contribution in [1.82, 2.24) is 15.1 Å². The van der Waals surface area contributed by atoms with Crippen LogP contribution in [0.4, 0.5) is 0 Å². The summed E-state index contributed by atoms with van der Waals surface area (Å²) in [6, 6.07) is 11.4. The fraction of sp³-hybridized carbons (Fsp3) is 0.455. The van der Waals surface area contributed by atoms with Gasteiger partial charge in [0.25, 0.3) is 5.91 Å². The summed E-state index contributed by atoms with van der Waals surface area (Å²) in [4.78, 5) is 28.9. The van der Waals surface area contributed by atoms with E-state index in [1.165, 1.54) is 6.26 Å². The number of ether oxygens (including phenoxy) is 1. The van der Waals surface area contributed by atoms with Gasteiger partial charge in [-0.15, -0.1) is 0 Å². The first-order valence-electron chi connectivity index (χ1n) is 10.1. The molecule has 1 saturated carbocycles. The molecule has 1 aromatic heterocycles. The molecule has 7 nitrogen and oxygen atoms in total. The SMILES string of the molecule is COc1ccc(C(NC(=O)CN2CCN(C(=O)c3ccco3)CC2)C2CC2)cc1. The minimum atomic E-state index is -0.0904. The van der Waals surface area contributed by atoms with E-state index in [4.69, 9.17) is 9.15 Å². The van der Waals surface area contributed by atoms with Gasteiger partial charge in [0.2, 0.25) is 5.91 Å². The molecule has 2 amide bonds. The van der Waals surface area contributed by atoms with Gasteiger partial charge >= 0.3 is 0 Å². The Hall–Kier alpha value is -2.80. The van der Waals surface area contributed by atoms with Crippen LogP contribution in [-0.4, -0.2) is 61.4 Å². The number of carbonyl (C=O) groups excluding carboxylic acids is 2. The third-order valence-corrected chi connectivity index (χ3v) is 5.64. The number of hydrogen-bond acceptors (Lipinski definition) is 5. The number of methoxy groups -OCH3 is 1. The molecule has 1 aliphatic heterocycles. The van der Waals surface area contributed by atoms with Crippen molar-refractivity contribution >= 4 is 11.8 Å². The van der Waals surface area contributed by atoms with Crippen LogP contribution in [-0.2, 0) is 4.79 Å². The van der Waals surface area contributed by atoms with E-state index in [9.17, 15) is 9.59 Å². The maximum atomic E-state index is 12.7. The minimum Gasteiger partial charge on any atom is -0.497 e. The molecule has 1 aliphatic carbocycles. The average Bonchev–Trinajstić information content (AvgIpc) is 3.45. The second-order valence-corrected chi connectivity index (χ2v) is 7.70. The summed E-state index contributed by atoms with van der Waals surface area (Å²) in [5.41, 5.74) is 1.12. The second kappa shape index (κ2) is 8.69. The zero-order valence-electron chi connectivity index (χ0n) is 16.7. The zero-order chi connectivity index (χ0) is 20.2. The molecule has 0 spiro atoms. The van der Waals surface area contributed by atoms with E-state index in [0.717, 1.165) is 24.2 Å². The molecule has 1 N–H and O–H groups in total. The molecule has 4 rings (SSSR count). The van der Waals surface area contributed by atoms with E-state index in [-0.39, 0.29) is 17.9 Å². The Balaban J connectivity index is 1.28. The van der Waals surface area contributed by atoms with Crippen molar-refractivity contribution in [3.05, 3.63) is 54.0 Å². The Morgan fingerprint density at radius 3 is 2.45 bits per heavy atom. The number of piperazine rings is 1. The van der Waals surface area contributed by atoms with E-state index >= 15 is 0 Å². The molecule has 1 aromatic carbocycles. The predicted molar refractivity (Wildman–Crippen MR) is 108 cm³/mol. The summed E-state index contributed by atoms with van der Waals surface area (Å²) in [5.74, 6) is 1.63. The van der Waals surface area contributed by atoms with Crippen molar-refractivity contribution < 1.29 is 18.7 Å². The van der Waals surface area contributed by atoms with Gasteiger partial charge in [0.1, 0.15) is 5.75 Å². The van der Waals surface area contributed by atoms with Gasteiger partial charge in [-0.1, -0.05) is 12.1 Å². The first kappa shape index (κ1) is 19.5. The lowest BCUT2D eigenvalue weighted by atomic mass is 10.0. The van der Waals surface area contributed by atoms with Crippen LogP contribution in [0.15, 0.2) is 47.1 Å². The number of nitrogens with one attached hydrogen (secondary N) is 1. The second-order valence-electron chi connectivity index (χ2n) is 7.70. The highest BCUT2D eigenvalue weighted by Crippen LogP contribution is 2.41. The number of carbonyl (C=O) groups is 2. The third-order valence-electron chi connectivity index (χ3n) is 5.64. The summed E-state index contributed by atoms with van der Waals surface area (Å²) in [6.45, 7) is 2.89. The number of nitrogens with zero attached hydrogens (tertiary/aromatic N) is 2. The van der Waals surface area contributed by atoms with Crippen LogP contribution in [0.3, 0.4) is 0 Å². The number of amides is 2. The molecule has 0 radical (unpaired) electrons. The molecule has 7 heteroatoms. The summed E-state index contributed by atoms with van der Waals surface area (Å²) < 4.78 is 10.4. The van der Waals surface area contributed by atoms with Crippen LogP contribution in [0, 0.1) is 5.92 Å². The fourth-order valence-corrected chi connectivity index (χ4v) is 3.80. The molecule has 2 fully saturated rings. The lowest BCUT2D eigenvalue weighted by Crippen LogP contribution is -2.51. The largest absolute Gasteiger partial charge is 0.497 e. The molecular weight excluding hydrogens is 370 g/mol. The highest BCUT2D eigenvalue weighted by atomic mass is 16.5. The standard InChI is InChI=1S/C22H27N3O4/c1-28-18-8-6-17(7-9-18)21(16-4-5-16)23-20(26)15-24-10-12-25(13-11-24)22(27)19-3-2-14-29-19/h2-3,6-9,14,16,21H,4-5,10-13,15H2,1H3,(H,23,26). The number of benzene rings is 1. The monoisotopic (exact) mass is 397 g/mol. The summed E-state index contributed by atoms with van der Waals surface area (Å²) >= 11 is 0. The lowest BCUT2D eigenvalue weighted by Gasteiger charge is -2.34. The molecule has 1 unspecified atom stereocenters. The highest BCUT2D eigenvalue weighted by Gasteiger charge is 2.34. The highest BCUT2D eigenvalue weighted by molar-refractivity contribution is 5.91. The van der Waals surface area contributed by atoms with Gasteiger partial charge < -0.3 is 19.4 Å². The molecule has 1 atom stereocenters. The fourth-order valence-electron chi connectivity index (χ4n) is 3.80. The minimum absolute atomic E-state index is 0.0310. The van der Waals surface area contributed by atoms with Crippen molar-refractivity contribution in [2.24, 2.45) is 5.92 Å². The molecule has 2 aliphatic rings. The van der Waals surface area contributed by atoms with Crippen molar-refractivity contribution in [2.45, 2.75) is 18.9 Å². The molecule has 0 bridgehead atoms. The summed E-state index contributed by atoms with van der Waals surface area (Å²) in [6.07, 6.45) is 3.79. The van der Waals surface area contributed by atoms with Gasteiger partial charge in [-0.2, -0.15) is 0 Å². The molecule has 154 valence electrons. The Bertz CT molecular complexity index is 822. The van der Waals surface area contributed by atoms with E-state index in [2.05, 4.69) is 10.2 Å². The smallest absolute Gasteiger partial charge is 0.289 e. The maximum absolute atomic E-state index is 12.7. The first-order valence-corrected chi connectivity index (χ1v) is 10.1. The zero-order valence-corrected chi connectivity index (χ0v) is 16.7. The number of hydrogen-bond donors (Lipinski definition) is 1. The quantitative estimate of drug-likeness (QED) is 0.776. The van der Waals surface area contributed by atoms with Gasteiger partial charge in [-0.3, -0.25) is 14.5 Å². The van der Waals surface area contributed by atoms with Crippen LogP contribution < -0.4 is 10.1 Å². The summed E-state index contributed by atoms with van der Waals surface area (Å²) in [5, 5.41) is 3.22. The number of rotatable bonds is 7. The Morgan fingerprint density at radius 2 is 1.86 bits per heavy atom. The van der Waals surface area contributed by atoms with Crippen LogP contribution in [0.1, 0.15) is 35.0 Å². The van der Waals surface area contributed by atoms with Gasteiger partial charge in [0, 0.05) is 26.2 Å². The van der Waals surface area contributed by atoms with E-state index in [1.54, 1.807) is 24.1 Å². The first-order chi connectivity index (χ1) is 14.1. The topological polar surface area (TPSA) is 75.0 Å². The van der Waals surface area contributed by atoms with E-state index in [1.807, 2.05) is 24.3 Å². The Morgan fingerprint density at radius 1 is 1.14 bits per heavy atom. The van der Waals surface area contributed by atoms with Crippen LogP contribution in [0.25, 0.3) is 0 Å². The molecule has 29 heavy (non-hydrogen) atoms. The van der Waals surface area contributed by atoms with E-state index < -0.39 is 0 Å². The van der Waals surface area contributed by atoms with Crippen LogP contribution in [0.5, 0.6) is 5.75 Å². The molecule has 1 saturated heterocycles. The molecule has 2 heterocycles.